The van der Waals surface area contributed by atoms with Crippen LogP contribution in [0.3, 0.4) is 0 Å². The topological polar surface area (TPSA) is 114 Å². The third kappa shape index (κ3) is 5.82. The lowest BCUT2D eigenvalue weighted by molar-refractivity contribution is 0.00626. The van der Waals surface area contributed by atoms with Gasteiger partial charge < -0.3 is 18.9 Å². The van der Waals surface area contributed by atoms with Crippen LogP contribution in [0.25, 0.3) is 11.5 Å². The normalized spacial score (nSPS) is 11.3. The Morgan fingerprint density at radius 3 is 2.61 bits per heavy atom. The molecule has 8 nitrogen and oxygen atoms in total. The van der Waals surface area contributed by atoms with Crippen molar-refractivity contribution in [3.63, 3.8) is 0 Å². The number of halogens is 3. The fourth-order valence-corrected chi connectivity index (χ4v) is 4.21. The minimum Gasteiger partial charge on any atom is -0.455 e. The summed E-state index contributed by atoms with van der Waals surface area (Å²) >= 11 is 12.2. The number of carbonyl (C=O) groups is 1. The summed E-state index contributed by atoms with van der Waals surface area (Å²) in [6, 6.07) is 9.26. The third-order valence-electron chi connectivity index (χ3n) is 5.41. The SMILES string of the molecule is Cc1[nH]c(C(=O)OC(C)(C)C)c(C)c1-c1nnc(Cc2ccc(Cl)c(Oc3cc(Cl)cc(C#N)c3)c2F)o1. The second-order valence-electron chi connectivity index (χ2n) is 9.54. The third-order valence-corrected chi connectivity index (χ3v) is 5.93. The molecule has 0 aliphatic carbocycles. The monoisotopic (exact) mass is 556 g/mol. The van der Waals surface area contributed by atoms with Crippen LogP contribution in [-0.2, 0) is 11.2 Å². The number of ether oxygens (including phenoxy) is 2. The average Bonchev–Trinajstić information content (AvgIpc) is 3.40. The molecule has 0 fully saturated rings. The standard InChI is InChI=1S/C27H23Cl2FN4O4/c1-13-21(14(2)32-23(13)26(35)38-27(3,4)5)25-34-33-20(37-25)10-16-6-7-19(29)24(22(16)30)36-18-9-15(12-31)8-17(28)11-18/h6-9,11,32H,10H2,1-5H3. The van der Waals surface area contributed by atoms with Crippen molar-refractivity contribution in [1.29, 1.82) is 5.26 Å². The first-order valence-corrected chi connectivity index (χ1v) is 12.2. The van der Waals surface area contributed by atoms with E-state index in [1.807, 2.05) is 6.07 Å². The highest BCUT2D eigenvalue weighted by Gasteiger charge is 2.26. The zero-order valence-electron chi connectivity index (χ0n) is 21.2. The average molecular weight is 557 g/mol. The van der Waals surface area contributed by atoms with E-state index in [2.05, 4.69) is 15.2 Å². The van der Waals surface area contributed by atoms with Crippen molar-refractivity contribution in [2.45, 2.75) is 46.6 Å². The lowest BCUT2D eigenvalue weighted by Crippen LogP contribution is -2.24. The summed E-state index contributed by atoms with van der Waals surface area (Å²) in [7, 11) is 0. The van der Waals surface area contributed by atoms with Gasteiger partial charge in [-0.3, -0.25) is 0 Å². The van der Waals surface area contributed by atoms with Crippen LogP contribution in [-0.4, -0.2) is 26.8 Å². The Kier molecular flexibility index (Phi) is 7.49. The molecule has 4 aromatic rings. The lowest BCUT2D eigenvalue weighted by atomic mass is 10.1. The number of aromatic nitrogens is 3. The Labute approximate surface area is 228 Å². The number of nitrogens with zero attached hydrogens (tertiary/aromatic N) is 3. The molecule has 0 spiro atoms. The van der Waals surface area contributed by atoms with Crippen LogP contribution < -0.4 is 4.74 Å². The first-order chi connectivity index (χ1) is 17.9. The number of nitrogens with one attached hydrogen (secondary N) is 1. The van der Waals surface area contributed by atoms with E-state index in [0.717, 1.165) is 0 Å². The van der Waals surface area contributed by atoms with Gasteiger partial charge in [0, 0.05) is 16.3 Å². The van der Waals surface area contributed by atoms with E-state index in [4.69, 9.17) is 42.4 Å². The molecule has 11 heteroatoms. The molecule has 2 aromatic heterocycles. The van der Waals surface area contributed by atoms with Gasteiger partial charge in [0.1, 0.15) is 17.0 Å². The molecule has 0 atom stereocenters. The zero-order valence-corrected chi connectivity index (χ0v) is 22.7. The van der Waals surface area contributed by atoms with E-state index in [1.54, 1.807) is 34.6 Å². The van der Waals surface area contributed by atoms with Gasteiger partial charge in [0.25, 0.3) is 0 Å². The van der Waals surface area contributed by atoms with Crippen LogP contribution in [0, 0.1) is 31.0 Å². The van der Waals surface area contributed by atoms with E-state index in [0.29, 0.717) is 22.5 Å². The Balaban J connectivity index is 1.60. The molecule has 4 rings (SSSR count). The highest BCUT2D eigenvalue weighted by Crippen LogP contribution is 2.36. The number of benzene rings is 2. The zero-order chi connectivity index (χ0) is 27.8. The lowest BCUT2D eigenvalue weighted by Gasteiger charge is -2.19. The smallest absolute Gasteiger partial charge is 0.355 e. The first kappa shape index (κ1) is 27.2. The highest BCUT2D eigenvalue weighted by molar-refractivity contribution is 6.32. The summed E-state index contributed by atoms with van der Waals surface area (Å²) in [4.78, 5) is 15.6. The Hall–Kier alpha value is -3.87. The van der Waals surface area contributed by atoms with Crippen molar-refractivity contribution >= 4 is 29.2 Å². The number of H-pyrrole nitrogens is 1. The Morgan fingerprint density at radius 1 is 1.18 bits per heavy atom. The summed E-state index contributed by atoms with van der Waals surface area (Å²) in [5.41, 5.74) is 1.89. The predicted octanol–water partition coefficient (Wildman–Crippen LogP) is 7.34. The molecule has 1 N–H and O–H groups in total. The number of esters is 1. The number of nitriles is 1. The summed E-state index contributed by atoms with van der Waals surface area (Å²) in [6.07, 6.45) is -0.0488. The van der Waals surface area contributed by atoms with Crippen LogP contribution >= 0.6 is 23.2 Å². The van der Waals surface area contributed by atoms with Crippen LogP contribution in [0.4, 0.5) is 4.39 Å². The maximum absolute atomic E-state index is 15.4. The van der Waals surface area contributed by atoms with E-state index in [1.165, 1.54) is 30.3 Å². The molecule has 2 aromatic carbocycles. The van der Waals surface area contributed by atoms with Gasteiger partial charge in [-0.1, -0.05) is 29.3 Å². The molecule has 38 heavy (non-hydrogen) atoms. The minimum absolute atomic E-state index is 0.0317. The molecule has 0 saturated heterocycles. The summed E-state index contributed by atoms with van der Waals surface area (Å²) in [5, 5.41) is 17.6. The van der Waals surface area contributed by atoms with E-state index in [9.17, 15) is 4.79 Å². The van der Waals surface area contributed by atoms with Crippen molar-refractivity contribution in [1.82, 2.24) is 15.2 Å². The number of carbonyl (C=O) groups excluding carboxylic acids is 1. The molecular weight excluding hydrogens is 534 g/mol. The number of aryl methyl sites for hydroxylation is 1. The largest absolute Gasteiger partial charge is 0.455 e. The number of hydrogen-bond acceptors (Lipinski definition) is 7. The molecule has 0 bridgehead atoms. The van der Waals surface area contributed by atoms with Gasteiger partial charge in [-0.2, -0.15) is 5.26 Å². The molecule has 0 aliphatic heterocycles. The predicted molar refractivity (Wildman–Crippen MR) is 139 cm³/mol. The van der Waals surface area contributed by atoms with Crippen LogP contribution in [0.2, 0.25) is 10.0 Å². The van der Waals surface area contributed by atoms with Gasteiger partial charge in [0.05, 0.1) is 28.6 Å². The van der Waals surface area contributed by atoms with Gasteiger partial charge in [-0.25, -0.2) is 9.18 Å². The fourth-order valence-electron chi connectivity index (χ4n) is 3.80. The van der Waals surface area contributed by atoms with Crippen molar-refractivity contribution in [3.05, 3.63) is 80.2 Å². The Morgan fingerprint density at radius 2 is 1.92 bits per heavy atom. The van der Waals surface area contributed by atoms with E-state index >= 15 is 4.39 Å². The van der Waals surface area contributed by atoms with Crippen molar-refractivity contribution in [2.24, 2.45) is 0 Å². The highest BCUT2D eigenvalue weighted by atomic mass is 35.5. The Bertz CT molecular complexity index is 1580. The van der Waals surface area contributed by atoms with Crippen LogP contribution in [0.1, 0.15) is 59.5 Å². The summed E-state index contributed by atoms with van der Waals surface area (Å²) in [5.74, 6) is -0.977. The maximum atomic E-state index is 15.4. The summed E-state index contributed by atoms with van der Waals surface area (Å²) in [6.45, 7) is 8.87. The van der Waals surface area contributed by atoms with Gasteiger partial charge in [0.2, 0.25) is 11.8 Å². The second-order valence-corrected chi connectivity index (χ2v) is 10.4. The van der Waals surface area contributed by atoms with Crippen molar-refractivity contribution in [2.75, 3.05) is 0 Å². The van der Waals surface area contributed by atoms with Crippen LogP contribution in [0.5, 0.6) is 11.5 Å². The van der Waals surface area contributed by atoms with Crippen molar-refractivity contribution in [3.8, 4) is 29.0 Å². The molecule has 0 amide bonds. The first-order valence-electron chi connectivity index (χ1n) is 11.5. The fraction of sp³-hybridized carbons (Fsp3) is 0.259. The van der Waals surface area contributed by atoms with Crippen molar-refractivity contribution < 1.29 is 23.1 Å². The summed E-state index contributed by atoms with van der Waals surface area (Å²) < 4.78 is 32.4. The van der Waals surface area contributed by atoms with Gasteiger partial charge >= 0.3 is 5.97 Å². The molecule has 0 radical (unpaired) electrons. The number of rotatable bonds is 6. The second kappa shape index (κ2) is 10.5. The van der Waals surface area contributed by atoms with Gasteiger partial charge in [0.15, 0.2) is 11.6 Å². The molecule has 2 heterocycles. The minimum atomic E-state index is -0.725. The van der Waals surface area contributed by atoms with Gasteiger partial charge in [-0.15, -0.1) is 10.2 Å². The van der Waals surface area contributed by atoms with Crippen LogP contribution in [0.15, 0.2) is 34.7 Å². The molecule has 0 saturated carbocycles. The molecule has 196 valence electrons. The number of hydrogen-bond donors (Lipinski definition) is 1. The maximum Gasteiger partial charge on any atom is 0.355 e. The molecule has 0 unspecified atom stereocenters. The number of aromatic amines is 1. The molecular formula is C27H23Cl2FN4O4. The van der Waals surface area contributed by atoms with E-state index < -0.39 is 17.4 Å². The van der Waals surface area contributed by atoms with Gasteiger partial charge in [-0.05, 0) is 64.4 Å². The molecule has 0 aliphatic rings. The quantitative estimate of drug-likeness (QED) is 0.247. The van der Waals surface area contributed by atoms with E-state index in [-0.39, 0.29) is 50.9 Å².